The smallest absolute Gasteiger partial charge is 0.332 e. The van der Waals surface area contributed by atoms with Crippen molar-refractivity contribution in [3.05, 3.63) is 41.5 Å². The Morgan fingerprint density at radius 2 is 1.47 bits per heavy atom. The number of halogens is 1. The molecule has 0 spiro atoms. The van der Waals surface area contributed by atoms with Crippen LogP contribution in [0.2, 0.25) is 0 Å². The third-order valence-corrected chi connectivity index (χ3v) is 7.09. The number of nitrogens with one attached hydrogen (secondary N) is 3. The Kier molecular flexibility index (Phi) is 16.5. The molecule has 0 aliphatic carbocycles. The van der Waals surface area contributed by atoms with Crippen molar-refractivity contribution in [3.8, 4) is 11.1 Å². The molecule has 2 amide bonds. The van der Waals surface area contributed by atoms with Crippen molar-refractivity contribution >= 4 is 34.7 Å². The van der Waals surface area contributed by atoms with Crippen LogP contribution in [0, 0.1) is 19.7 Å². The highest BCUT2D eigenvalue weighted by atomic mass is 19.1. The van der Waals surface area contributed by atoms with E-state index in [4.69, 9.17) is 23.7 Å². The minimum Gasteiger partial charge on any atom is -0.458 e. The molecule has 0 unspecified atom stereocenters. The van der Waals surface area contributed by atoms with Crippen molar-refractivity contribution < 1.29 is 37.7 Å². The summed E-state index contributed by atoms with van der Waals surface area (Å²) in [5, 5.41) is 9.11. The number of aryl methyl sites for hydroxylation is 2. The van der Waals surface area contributed by atoms with Gasteiger partial charge in [0.05, 0.1) is 45.3 Å². The van der Waals surface area contributed by atoms with E-state index < -0.39 is 23.4 Å². The second-order valence-electron chi connectivity index (χ2n) is 12.4. The second-order valence-corrected chi connectivity index (χ2v) is 12.4. The number of carbonyl (C=O) groups excluding carboxylic acids is 2. The number of ether oxygens (including phenoxy) is 5. The van der Waals surface area contributed by atoms with E-state index in [9.17, 15) is 14.0 Å². The van der Waals surface area contributed by atoms with E-state index in [1.807, 2.05) is 40.7 Å². The molecule has 0 radical (unpaired) electrons. The Bertz CT molecular complexity index is 1500. The maximum atomic E-state index is 14.8. The van der Waals surface area contributed by atoms with Crippen molar-refractivity contribution in [2.75, 3.05) is 77.1 Å². The first kappa shape index (κ1) is 39.5. The molecule has 13 nitrogen and oxygen atoms in total. The van der Waals surface area contributed by atoms with Gasteiger partial charge in [-0.1, -0.05) is 12.8 Å². The van der Waals surface area contributed by atoms with Crippen molar-refractivity contribution in [1.82, 2.24) is 20.3 Å². The topological polar surface area (TPSA) is 155 Å². The van der Waals surface area contributed by atoms with E-state index >= 15 is 0 Å². The lowest BCUT2D eigenvalue weighted by Gasteiger charge is -2.19. The first-order chi connectivity index (χ1) is 23.5. The highest BCUT2D eigenvalue weighted by Crippen LogP contribution is 2.32. The average Bonchev–Trinajstić information content (AvgIpc) is 3.04. The van der Waals surface area contributed by atoms with Gasteiger partial charge < -0.3 is 39.6 Å². The predicted molar refractivity (Wildman–Crippen MR) is 186 cm³/mol. The molecule has 0 atom stereocenters. The van der Waals surface area contributed by atoms with E-state index in [1.165, 1.54) is 6.07 Å². The van der Waals surface area contributed by atoms with Crippen LogP contribution >= 0.6 is 0 Å². The molecule has 2 aromatic heterocycles. The lowest BCUT2D eigenvalue weighted by Crippen LogP contribution is -2.29. The number of pyridine rings is 1. The number of nitrogens with zero attached hydrogens (tertiary/aromatic N) is 3. The van der Waals surface area contributed by atoms with Gasteiger partial charge >= 0.3 is 12.0 Å². The summed E-state index contributed by atoms with van der Waals surface area (Å²) in [4.78, 5) is 37.3. The summed E-state index contributed by atoms with van der Waals surface area (Å²) in [5.74, 6) is -0.428. The summed E-state index contributed by atoms with van der Waals surface area (Å²) in [6.07, 6.45) is 5.28. The van der Waals surface area contributed by atoms with Gasteiger partial charge in [0.25, 0.3) is 0 Å². The summed E-state index contributed by atoms with van der Waals surface area (Å²) < 4.78 is 41.7. The number of benzene rings is 1. The number of hydrogen-bond acceptors (Lipinski definition) is 11. The fraction of sp³-hybridized carbons (Fsp3) is 0.571. The highest BCUT2D eigenvalue weighted by Gasteiger charge is 2.17. The summed E-state index contributed by atoms with van der Waals surface area (Å²) in [6, 6.07) is 4.51. The third-order valence-electron chi connectivity index (χ3n) is 7.09. The monoisotopic (exact) mass is 686 g/mol. The average molecular weight is 687 g/mol. The number of unbranched alkanes of at least 4 members (excludes halogenated alkanes) is 3. The van der Waals surface area contributed by atoms with Gasteiger partial charge in [-0.15, -0.1) is 0 Å². The first-order valence-electron chi connectivity index (χ1n) is 16.7. The molecule has 3 N–H and O–H groups in total. The van der Waals surface area contributed by atoms with Gasteiger partial charge in [-0.3, -0.25) is 0 Å². The zero-order valence-electron chi connectivity index (χ0n) is 29.6. The molecule has 0 fully saturated rings. The number of aromatic nitrogens is 3. The second kappa shape index (κ2) is 20.5. The number of urea groups is 1. The van der Waals surface area contributed by atoms with Gasteiger partial charge in [-0.05, 0) is 76.8 Å². The number of esters is 1. The molecular weight excluding hydrogens is 635 g/mol. The molecule has 14 heteroatoms. The number of fused-ring (bicyclic) bond motifs is 1. The van der Waals surface area contributed by atoms with Crippen LogP contribution in [-0.4, -0.2) is 99.0 Å². The molecule has 0 aliphatic rings. The van der Waals surface area contributed by atoms with E-state index in [0.29, 0.717) is 64.4 Å². The number of amides is 2. The molecule has 49 heavy (non-hydrogen) atoms. The summed E-state index contributed by atoms with van der Waals surface area (Å²) >= 11 is 0. The SMILES string of the molecule is CNc1ncc2cc(-c3cc(NC(=O)NCCCCCCOCCOCCOCCOCC(=O)OC(C)(C)C)c(F)cc3C)c(C)nc2n1. The molecule has 2 heterocycles. The summed E-state index contributed by atoms with van der Waals surface area (Å²) in [6.45, 7) is 12.7. The number of hydrogen-bond donors (Lipinski definition) is 3. The van der Waals surface area contributed by atoms with Crippen LogP contribution < -0.4 is 16.0 Å². The Labute approximate surface area is 288 Å². The molecule has 0 saturated carbocycles. The van der Waals surface area contributed by atoms with Gasteiger partial charge in [0.15, 0.2) is 5.65 Å². The fourth-order valence-electron chi connectivity index (χ4n) is 4.74. The quantitative estimate of drug-likeness (QED) is 0.0950. The molecular formula is C35H51FN6O7. The van der Waals surface area contributed by atoms with Crippen LogP contribution in [0.15, 0.2) is 24.4 Å². The van der Waals surface area contributed by atoms with Crippen LogP contribution in [0.5, 0.6) is 0 Å². The number of carbonyl (C=O) groups is 2. The van der Waals surface area contributed by atoms with E-state index in [0.717, 1.165) is 53.5 Å². The standard InChI is InChI=1S/C35H51FN6O7/c1-24-19-29(36)30(21-27(24)28-20-26-22-39-33(37-6)42-32(26)40-25(28)2)41-34(44)38-11-9-7-8-10-12-45-13-14-46-15-16-47-17-18-48-23-31(43)49-35(3,4)5/h19-22H,7-18,23H2,1-6H3,(H2,38,41,44)(H,37,39,40,42). The maximum absolute atomic E-state index is 14.8. The molecule has 0 saturated heterocycles. The minimum absolute atomic E-state index is 0.0924. The highest BCUT2D eigenvalue weighted by molar-refractivity contribution is 5.91. The zero-order valence-corrected chi connectivity index (χ0v) is 29.6. The third kappa shape index (κ3) is 14.6. The van der Waals surface area contributed by atoms with Crippen LogP contribution in [0.25, 0.3) is 22.2 Å². The van der Waals surface area contributed by atoms with Gasteiger partial charge in [-0.2, -0.15) is 4.98 Å². The van der Waals surface area contributed by atoms with Crippen LogP contribution in [0.4, 0.5) is 20.8 Å². The largest absolute Gasteiger partial charge is 0.458 e. The normalized spacial score (nSPS) is 11.5. The Morgan fingerprint density at radius 3 is 2.14 bits per heavy atom. The van der Waals surface area contributed by atoms with Gasteiger partial charge in [0.2, 0.25) is 5.95 Å². The first-order valence-corrected chi connectivity index (χ1v) is 16.7. The minimum atomic E-state index is -0.523. The van der Waals surface area contributed by atoms with Crippen LogP contribution in [0.3, 0.4) is 0 Å². The van der Waals surface area contributed by atoms with E-state index in [2.05, 4.69) is 30.9 Å². The molecule has 1 aromatic carbocycles. The van der Waals surface area contributed by atoms with Crippen molar-refractivity contribution in [2.45, 2.75) is 65.9 Å². The summed E-state index contributed by atoms with van der Waals surface area (Å²) in [5.41, 5.74) is 3.16. The van der Waals surface area contributed by atoms with Crippen LogP contribution in [-0.2, 0) is 28.5 Å². The number of anilines is 2. The van der Waals surface area contributed by atoms with Crippen molar-refractivity contribution in [3.63, 3.8) is 0 Å². The zero-order chi connectivity index (χ0) is 35.6. The molecule has 270 valence electrons. The van der Waals surface area contributed by atoms with Gasteiger partial charge in [0.1, 0.15) is 18.0 Å². The van der Waals surface area contributed by atoms with Crippen LogP contribution in [0.1, 0.15) is 57.7 Å². The fourth-order valence-corrected chi connectivity index (χ4v) is 4.74. The molecule has 3 aromatic rings. The Hall–Kier alpha value is -3.98. The number of rotatable bonds is 21. The Morgan fingerprint density at radius 1 is 0.816 bits per heavy atom. The predicted octanol–water partition coefficient (Wildman–Crippen LogP) is 5.58. The molecule has 3 rings (SSSR count). The molecule has 0 bridgehead atoms. The maximum Gasteiger partial charge on any atom is 0.332 e. The summed E-state index contributed by atoms with van der Waals surface area (Å²) in [7, 11) is 1.74. The van der Waals surface area contributed by atoms with E-state index in [1.54, 1.807) is 19.3 Å². The lowest BCUT2D eigenvalue weighted by molar-refractivity contribution is -0.160. The Balaban J connectivity index is 1.22. The lowest BCUT2D eigenvalue weighted by atomic mass is 9.97. The van der Waals surface area contributed by atoms with Gasteiger partial charge in [0, 0.05) is 43.0 Å². The van der Waals surface area contributed by atoms with Gasteiger partial charge in [-0.25, -0.2) is 23.9 Å². The van der Waals surface area contributed by atoms with Crippen molar-refractivity contribution in [2.24, 2.45) is 0 Å². The van der Waals surface area contributed by atoms with Crippen molar-refractivity contribution in [1.29, 1.82) is 0 Å². The van der Waals surface area contributed by atoms with E-state index in [-0.39, 0.29) is 12.3 Å². The molecule has 0 aliphatic heterocycles.